The Morgan fingerprint density at radius 2 is 1.89 bits per heavy atom. The first-order chi connectivity index (χ1) is 9.36. The maximum atomic E-state index is 5.71. The molecule has 0 atom stereocenters. The maximum absolute atomic E-state index is 5.71. The molecule has 0 radical (unpaired) electrons. The van der Waals surface area contributed by atoms with E-state index in [-0.39, 0.29) is 0 Å². The molecule has 0 aromatic carbocycles. The Labute approximate surface area is 117 Å². The van der Waals surface area contributed by atoms with Crippen LogP contribution in [-0.4, -0.2) is 52.0 Å². The molecule has 0 aliphatic carbocycles. The van der Waals surface area contributed by atoms with Gasteiger partial charge in [-0.05, 0) is 39.0 Å². The van der Waals surface area contributed by atoms with Crippen molar-refractivity contribution in [2.45, 2.75) is 33.1 Å². The zero-order valence-electron chi connectivity index (χ0n) is 12.4. The molecule has 0 bridgehead atoms. The van der Waals surface area contributed by atoms with Gasteiger partial charge in [-0.3, -0.25) is 4.99 Å². The highest BCUT2D eigenvalue weighted by atomic mass is 16.5. The van der Waals surface area contributed by atoms with Crippen molar-refractivity contribution in [1.82, 2.24) is 10.6 Å². The van der Waals surface area contributed by atoms with E-state index in [2.05, 4.69) is 29.5 Å². The largest absolute Gasteiger partial charge is 0.381 e. The summed E-state index contributed by atoms with van der Waals surface area (Å²) in [6, 6.07) is 0. The lowest BCUT2D eigenvalue weighted by Crippen LogP contribution is -2.37. The summed E-state index contributed by atoms with van der Waals surface area (Å²) in [4.78, 5) is 4.48. The molecule has 19 heavy (non-hydrogen) atoms. The number of nitrogens with one attached hydrogen (secondary N) is 2. The highest BCUT2D eigenvalue weighted by Gasteiger charge is 2.13. The van der Waals surface area contributed by atoms with Crippen molar-refractivity contribution in [1.29, 1.82) is 0 Å². The number of ether oxygens (including phenoxy) is 2. The lowest BCUT2D eigenvalue weighted by Gasteiger charge is -2.21. The molecule has 1 fully saturated rings. The number of guanidine groups is 1. The second-order valence-corrected chi connectivity index (χ2v) is 4.78. The highest BCUT2D eigenvalue weighted by molar-refractivity contribution is 5.79. The standard InChI is InChI=1S/C14H29N3O2/c1-3-15-14(16-4-2)17-8-5-9-19-12-13-6-10-18-11-7-13/h13H,3-12H2,1-2H3,(H2,15,16,17). The van der Waals surface area contributed by atoms with Crippen molar-refractivity contribution in [2.75, 3.05) is 46.1 Å². The summed E-state index contributed by atoms with van der Waals surface area (Å²) in [6.07, 6.45) is 3.26. The first-order valence-electron chi connectivity index (χ1n) is 7.54. The molecule has 112 valence electrons. The minimum atomic E-state index is 0.691. The molecule has 1 heterocycles. The monoisotopic (exact) mass is 271 g/mol. The fraction of sp³-hybridized carbons (Fsp3) is 0.929. The molecule has 0 unspecified atom stereocenters. The average Bonchev–Trinajstić information content (AvgIpc) is 2.44. The second-order valence-electron chi connectivity index (χ2n) is 4.78. The van der Waals surface area contributed by atoms with Crippen LogP contribution in [0, 0.1) is 5.92 Å². The van der Waals surface area contributed by atoms with E-state index in [1.807, 2.05) is 0 Å². The van der Waals surface area contributed by atoms with Crippen molar-refractivity contribution in [2.24, 2.45) is 10.9 Å². The van der Waals surface area contributed by atoms with Gasteiger partial charge in [0.25, 0.3) is 0 Å². The van der Waals surface area contributed by atoms with Crippen LogP contribution in [0.2, 0.25) is 0 Å². The van der Waals surface area contributed by atoms with E-state index in [0.717, 1.165) is 71.3 Å². The van der Waals surface area contributed by atoms with Crippen LogP contribution in [0.1, 0.15) is 33.1 Å². The summed E-state index contributed by atoms with van der Waals surface area (Å²) < 4.78 is 11.0. The van der Waals surface area contributed by atoms with E-state index >= 15 is 0 Å². The molecule has 1 aliphatic rings. The first-order valence-corrected chi connectivity index (χ1v) is 7.54. The number of aliphatic imine (C=N–C) groups is 1. The zero-order valence-corrected chi connectivity index (χ0v) is 12.4. The maximum Gasteiger partial charge on any atom is 0.191 e. The lowest BCUT2D eigenvalue weighted by atomic mass is 10.0. The van der Waals surface area contributed by atoms with Gasteiger partial charge in [-0.25, -0.2) is 0 Å². The molecule has 5 heteroatoms. The minimum absolute atomic E-state index is 0.691. The molecular formula is C14H29N3O2. The Balaban J connectivity index is 2.00. The average molecular weight is 271 g/mol. The van der Waals surface area contributed by atoms with Crippen LogP contribution in [0.4, 0.5) is 0 Å². The SMILES string of the molecule is CCNC(=NCCCOCC1CCOCC1)NCC. The summed E-state index contributed by atoms with van der Waals surface area (Å²) >= 11 is 0. The van der Waals surface area contributed by atoms with Crippen LogP contribution in [-0.2, 0) is 9.47 Å². The fourth-order valence-electron chi connectivity index (χ4n) is 2.03. The predicted molar refractivity (Wildman–Crippen MR) is 78.6 cm³/mol. The van der Waals surface area contributed by atoms with Gasteiger partial charge in [0.2, 0.25) is 0 Å². The van der Waals surface area contributed by atoms with E-state index in [1.54, 1.807) is 0 Å². The topological polar surface area (TPSA) is 54.9 Å². The number of hydrogen-bond donors (Lipinski definition) is 2. The summed E-state index contributed by atoms with van der Waals surface area (Å²) in [5, 5.41) is 6.42. The highest BCUT2D eigenvalue weighted by Crippen LogP contribution is 2.14. The normalized spacial score (nSPS) is 16.1. The third-order valence-corrected chi connectivity index (χ3v) is 3.10. The van der Waals surface area contributed by atoms with Crippen LogP contribution >= 0.6 is 0 Å². The Kier molecular flexibility index (Phi) is 9.45. The van der Waals surface area contributed by atoms with Gasteiger partial charge >= 0.3 is 0 Å². The molecule has 1 saturated heterocycles. The van der Waals surface area contributed by atoms with Gasteiger partial charge in [-0.2, -0.15) is 0 Å². The van der Waals surface area contributed by atoms with E-state index in [4.69, 9.17) is 9.47 Å². The van der Waals surface area contributed by atoms with Gasteiger partial charge in [0.1, 0.15) is 0 Å². The quantitative estimate of drug-likeness (QED) is 0.398. The number of hydrogen-bond acceptors (Lipinski definition) is 3. The van der Waals surface area contributed by atoms with E-state index in [9.17, 15) is 0 Å². The predicted octanol–water partition coefficient (Wildman–Crippen LogP) is 1.39. The second kappa shape index (κ2) is 11.1. The van der Waals surface area contributed by atoms with Crippen LogP contribution < -0.4 is 10.6 Å². The molecular weight excluding hydrogens is 242 g/mol. The first kappa shape index (κ1) is 16.2. The summed E-state index contributed by atoms with van der Waals surface area (Å²) in [6.45, 7) is 10.2. The van der Waals surface area contributed by atoms with E-state index < -0.39 is 0 Å². The van der Waals surface area contributed by atoms with E-state index in [0.29, 0.717) is 5.92 Å². The van der Waals surface area contributed by atoms with Gasteiger partial charge in [0.05, 0.1) is 0 Å². The summed E-state index contributed by atoms with van der Waals surface area (Å²) in [5.41, 5.74) is 0. The Bertz CT molecular complexity index is 233. The van der Waals surface area contributed by atoms with Crippen molar-refractivity contribution in [3.63, 3.8) is 0 Å². The molecule has 0 saturated carbocycles. The van der Waals surface area contributed by atoms with Crippen molar-refractivity contribution in [3.8, 4) is 0 Å². The third-order valence-electron chi connectivity index (χ3n) is 3.10. The van der Waals surface area contributed by atoms with Gasteiger partial charge < -0.3 is 20.1 Å². The lowest BCUT2D eigenvalue weighted by molar-refractivity contribution is 0.0205. The smallest absolute Gasteiger partial charge is 0.191 e. The molecule has 0 aromatic rings. The minimum Gasteiger partial charge on any atom is -0.381 e. The zero-order chi connectivity index (χ0) is 13.8. The molecule has 0 aromatic heterocycles. The van der Waals surface area contributed by atoms with Crippen molar-refractivity contribution >= 4 is 5.96 Å². The van der Waals surface area contributed by atoms with Crippen LogP contribution in [0.3, 0.4) is 0 Å². The Morgan fingerprint density at radius 3 is 2.53 bits per heavy atom. The molecule has 2 N–H and O–H groups in total. The molecule has 5 nitrogen and oxygen atoms in total. The molecule has 1 aliphatic heterocycles. The van der Waals surface area contributed by atoms with Crippen molar-refractivity contribution in [3.05, 3.63) is 0 Å². The fourth-order valence-corrected chi connectivity index (χ4v) is 2.03. The Morgan fingerprint density at radius 1 is 1.21 bits per heavy atom. The van der Waals surface area contributed by atoms with Crippen molar-refractivity contribution < 1.29 is 9.47 Å². The summed E-state index contributed by atoms with van der Waals surface area (Å²) in [5.74, 6) is 1.59. The number of nitrogens with zero attached hydrogens (tertiary/aromatic N) is 1. The van der Waals surface area contributed by atoms with Gasteiger partial charge in [-0.15, -0.1) is 0 Å². The van der Waals surface area contributed by atoms with Crippen LogP contribution in [0.15, 0.2) is 4.99 Å². The van der Waals surface area contributed by atoms with Crippen LogP contribution in [0.25, 0.3) is 0 Å². The number of rotatable bonds is 8. The Hall–Kier alpha value is -0.810. The third kappa shape index (κ3) is 8.06. The molecule has 0 spiro atoms. The van der Waals surface area contributed by atoms with E-state index in [1.165, 1.54) is 0 Å². The molecule has 1 rings (SSSR count). The molecule has 0 amide bonds. The summed E-state index contributed by atoms with van der Waals surface area (Å²) in [7, 11) is 0. The van der Waals surface area contributed by atoms with Gasteiger partial charge in [0, 0.05) is 46.1 Å². The van der Waals surface area contributed by atoms with Crippen LogP contribution in [0.5, 0.6) is 0 Å². The van der Waals surface area contributed by atoms with Gasteiger partial charge in [0.15, 0.2) is 5.96 Å². The van der Waals surface area contributed by atoms with Gasteiger partial charge in [-0.1, -0.05) is 0 Å².